The summed E-state index contributed by atoms with van der Waals surface area (Å²) in [6.07, 6.45) is 0. The molecule has 7 heteroatoms. The van der Waals surface area contributed by atoms with E-state index in [0.717, 1.165) is 6.07 Å². The SMILES string of the molecule is O=C(Nc1ccccc1C(=O)O)c1cccc(OC(F)F)c1. The fourth-order valence-corrected chi connectivity index (χ4v) is 1.79. The Hall–Kier alpha value is -2.96. The van der Waals surface area contributed by atoms with Gasteiger partial charge in [0.15, 0.2) is 0 Å². The number of hydrogen-bond donors (Lipinski definition) is 2. The largest absolute Gasteiger partial charge is 0.478 e. The van der Waals surface area contributed by atoms with Crippen LogP contribution in [0.4, 0.5) is 14.5 Å². The van der Waals surface area contributed by atoms with E-state index in [2.05, 4.69) is 10.1 Å². The smallest absolute Gasteiger partial charge is 0.387 e. The first-order valence-electron chi connectivity index (χ1n) is 6.16. The highest BCUT2D eigenvalue weighted by atomic mass is 19.3. The second kappa shape index (κ2) is 6.66. The van der Waals surface area contributed by atoms with Gasteiger partial charge in [-0.2, -0.15) is 8.78 Å². The third-order valence-electron chi connectivity index (χ3n) is 2.73. The van der Waals surface area contributed by atoms with Gasteiger partial charge in [-0.15, -0.1) is 0 Å². The number of nitrogens with one attached hydrogen (secondary N) is 1. The van der Waals surface area contributed by atoms with E-state index in [4.69, 9.17) is 5.11 Å². The molecular weight excluding hydrogens is 296 g/mol. The molecule has 22 heavy (non-hydrogen) atoms. The molecule has 0 aromatic heterocycles. The maximum atomic E-state index is 12.2. The zero-order chi connectivity index (χ0) is 16.1. The standard InChI is InChI=1S/C15H11F2NO4/c16-15(17)22-10-5-3-4-9(8-10)13(19)18-12-7-2-1-6-11(12)14(20)21/h1-8,15H,(H,18,19)(H,20,21). The van der Waals surface area contributed by atoms with Crippen LogP contribution in [0.15, 0.2) is 48.5 Å². The maximum absolute atomic E-state index is 12.2. The molecule has 1 amide bonds. The average molecular weight is 307 g/mol. The molecule has 0 aliphatic heterocycles. The molecule has 0 atom stereocenters. The van der Waals surface area contributed by atoms with E-state index in [1.807, 2.05) is 0 Å². The number of ether oxygens (including phenoxy) is 1. The number of carboxylic acids is 1. The van der Waals surface area contributed by atoms with Gasteiger partial charge >= 0.3 is 12.6 Å². The summed E-state index contributed by atoms with van der Waals surface area (Å²) >= 11 is 0. The molecule has 0 unspecified atom stereocenters. The minimum atomic E-state index is -2.99. The van der Waals surface area contributed by atoms with Gasteiger partial charge in [-0.3, -0.25) is 4.79 Å². The van der Waals surface area contributed by atoms with Crippen LogP contribution in [-0.4, -0.2) is 23.6 Å². The number of alkyl halides is 2. The van der Waals surface area contributed by atoms with Crippen LogP contribution >= 0.6 is 0 Å². The lowest BCUT2D eigenvalue weighted by Crippen LogP contribution is -2.15. The number of halogens is 2. The van der Waals surface area contributed by atoms with E-state index in [0.29, 0.717) is 0 Å². The van der Waals surface area contributed by atoms with Gasteiger partial charge in [0.05, 0.1) is 11.3 Å². The van der Waals surface area contributed by atoms with Crippen molar-refractivity contribution in [3.05, 3.63) is 59.7 Å². The van der Waals surface area contributed by atoms with Crippen molar-refractivity contribution in [1.29, 1.82) is 0 Å². The zero-order valence-corrected chi connectivity index (χ0v) is 11.1. The van der Waals surface area contributed by atoms with Gasteiger partial charge in [0, 0.05) is 5.56 Å². The number of para-hydroxylation sites is 1. The first kappa shape index (κ1) is 15.4. The Morgan fingerprint density at radius 3 is 2.50 bits per heavy atom. The van der Waals surface area contributed by atoms with Crippen LogP contribution in [0.3, 0.4) is 0 Å². The molecule has 0 radical (unpaired) electrons. The van der Waals surface area contributed by atoms with Gasteiger partial charge in [-0.25, -0.2) is 4.79 Å². The molecule has 0 saturated heterocycles. The van der Waals surface area contributed by atoms with Gasteiger partial charge in [0.2, 0.25) is 0 Å². The Balaban J connectivity index is 2.21. The van der Waals surface area contributed by atoms with Gasteiger partial charge in [0.25, 0.3) is 5.91 Å². The predicted octanol–water partition coefficient (Wildman–Crippen LogP) is 3.24. The van der Waals surface area contributed by atoms with Crippen molar-refractivity contribution in [3.8, 4) is 5.75 Å². The monoisotopic (exact) mass is 307 g/mol. The summed E-state index contributed by atoms with van der Waals surface area (Å²) in [6.45, 7) is -2.99. The molecule has 0 heterocycles. The summed E-state index contributed by atoms with van der Waals surface area (Å²) in [5.74, 6) is -1.98. The van der Waals surface area contributed by atoms with Crippen molar-refractivity contribution in [3.63, 3.8) is 0 Å². The first-order chi connectivity index (χ1) is 10.5. The molecule has 0 spiro atoms. The van der Waals surface area contributed by atoms with Gasteiger partial charge < -0.3 is 15.2 Å². The summed E-state index contributed by atoms with van der Waals surface area (Å²) in [7, 11) is 0. The molecule has 2 aromatic carbocycles. The molecular formula is C15H11F2NO4. The highest BCUT2D eigenvalue weighted by Gasteiger charge is 2.14. The number of amides is 1. The van der Waals surface area contributed by atoms with Crippen LogP contribution < -0.4 is 10.1 Å². The summed E-state index contributed by atoms with van der Waals surface area (Å²) in [5.41, 5.74) is 0.106. The molecule has 114 valence electrons. The van der Waals surface area contributed by atoms with Gasteiger partial charge in [-0.1, -0.05) is 18.2 Å². The highest BCUT2D eigenvalue weighted by molar-refractivity contribution is 6.07. The van der Waals surface area contributed by atoms with E-state index in [1.165, 1.54) is 36.4 Å². The number of anilines is 1. The summed E-state index contributed by atoms with van der Waals surface area (Å²) in [5, 5.41) is 11.5. The third kappa shape index (κ3) is 3.78. The fraction of sp³-hybridized carbons (Fsp3) is 0.0667. The molecule has 0 aliphatic rings. The second-order valence-electron chi connectivity index (χ2n) is 4.21. The van der Waals surface area contributed by atoms with E-state index in [1.54, 1.807) is 6.07 Å². The molecule has 0 aliphatic carbocycles. The average Bonchev–Trinajstić information content (AvgIpc) is 2.47. The molecule has 2 N–H and O–H groups in total. The number of aromatic carboxylic acids is 1. The van der Waals surface area contributed by atoms with Crippen molar-refractivity contribution in [2.24, 2.45) is 0 Å². The van der Waals surface area contributed by atoms with Crippen molar-refractivity contribution in [2.75, 3.05) is 5.32 Å². The quantitative estimate of drug-likeness (QED) is 0.889. The van der Waals surface area contributed by atoms with Crippen LogP contribution in [0.25, 0.3) is 0 Å². The Morgan fingerprint density at radius 2 is 1.82 bits per heavy atom. The van der Waals surface area contributed by atoms with Crippen LogP contribution in [0.2, 0.25) is 0 Å². The number of rotatable bonds is 5. The lowest BCUT2D eigenvalue weighted by molar-refractivity contribution is -0.0498. The highest BCUT2D eigenvalue weighted by Crippen LogP contribution is 2.19. The number of carbonyl (C=O) groups excluding carboxylic acids is 1. The second-order valence-corrected chi connectivity index (χ2v) is 4.21. The van der Waals surface area contributed by atoms with Gasteiger partial charge in [0.1, 0.15) is 5.75 Å². The number of benzene rings is 2. The summed E-state index contributed by atoms with van der Waals surface area (Å²) in [4.78, 5) is 23.1. The molecule has 0 saturated carbocycles. The van der Waals surface area contributed by atoms with E-state index in [9.17, 15) is 18.4 Å². The first-order valence-corrected chi connectivity index (χ1v) is 6.16. The third-order valence-corrected chi connectivity index (χ3v) is 2.73. The Labute approximate surface area is 124 Å². The van der Waals surface area contributed by atoms with Crippen molar-refractivity contribution < 1.29 is 28.2 Å². The lowest BCUT2D eigenvalue weighted by atomic mass is 10.1. The summed E-state index contributed by atoms with van der Waals surface area (Å²) < 4.78 is 28.5. The number of hydrogen-bond acceptors (Lipinski definition) is 3. The topological polar surface area (TPSA) is 75.6 Å². The van der Waals surface area contributed by atoms with Crippen LogP contribution in [0.5, 0.6) is 5.75 Å². The van der Waals surface area contributed by atoms with Crippen LogP contribution in [0, 0.1) is 0 Å². The minimum Gasteiger partial charge on any atom is -0.478 e. The predicted molar refractivity (Wildman–Crippen MR) is 74.4 cm³/mol. The normalized spacial score (nSPS) is 10.3. The zero-order valence-electron chi connectivity index (χ0n) is 11.1. The molecule has 0 bridgehead atoms. The van der Waals surface area contributed by atoms with Crippen molar-refractivity contribution >= 4 is 17.6 Å². The molecule has 2 rings (SSSR count). The van der Waals surface area contributed by atoms with Crippen LogP contribution in [0.1, 0.15) is 20.7 Å². The summed E-state index contributed by atoms with van der Waals surface area (Å²) in [6, 6.07) is 11.1. The Kier molecular flexibility index (Phi) is 4.67. The number of carbonyl (C=O) groups is 2. The van der Waals surface area contributed by atoms with E-state index < -0.39 is 18.5 Å². The Bertz CT molecular complexity index is 703. The minimum absolute atomic E-state index is 0.0679. The van der Waals surface area contributed by atoms with Crippen LogP contribution in [-0.2, 0) is 0 Å². The maximum Gasteiger partial charge on any atom is 0.387 e. The Morgan fingerprint density at radius 1 is 1.09 bits per heavy atom. The molecule has 5 nitrogen and oxygen atoms in total. The van der Waals surface area contributed by atoms with Crippen molar-refractivity contribution in [1.82, 2.24) is 0 Å². The van der Waals surface area contributed by atoms with Gasteiger partial charge in [-0.05, 0) is 30.3 Å². The van der Waals surface area contributed by atoms with E-state index >= 15 is 0 Å². The molecule has 0 fully saturated rings. The van der Waals surface area contributed by atoms with E-state index in [-0.39, 0.29) is 22.6 Å². The fourth-order valence-electron chi connectivity index (χ4n) is 1.79. The lowest BCUT2D eigenvalue weighted by Gasteiger charge is -2.09. The van der Waals surface area contributed by atoms with Crippen molar-refractivity contribution in [2.45, 2.75) is 6.61 Å². The molecule has 2 aromatic rings. The number of carboxylic acid groups (broad SMARTS) is 1.